The van der Waals surface area contributed by atoms with Crippen molar-refractivity contribution in [2.45, 2.75) is 12.5 Å². The van der Waals surface area contributed by atoms with Crippen molar-refractivity contribution in [3.05, 3.63) is 72.3 Å². The number of hydrogen-bond donors (Lipinski definition) is 1. The molecule has 3 aromatic carbocycles. The number of carbonyl (C=O) groups is 1. The third-order valence-corrected chi connectivity index (χ3v) is 6.18. The fourth-order valence-electron chi connectivity index (χ4n) is 3.67. The van der Waals surface area contributed by atoms with Crippen LogP contribution in [-0.4, -0.2) is 48.6 Å². The molecule has 1 saturated heterocycles. The van der Waals surface area contributed by atoms with E-state index in [1.807, 2.05) is 48.5 Å². The van der Waals surface area contributed by atoms with Crippen molar-refractivity contribution in [1.29, 1.82) is 0 Å². The van der Waals surface area contributed by atoms with E-state index in [1.54, 1.807) is 16.7 Å². The van der Waals surface area contributed by atoms with E-state index < -0.39 is 0 Å². The summed E-state index contributed by atoms with van der Waals surface area (Å²) in [7, 11) is 0. The molecule has 1 amide bonds. The van der Waals surface area contributed by atoms with E-state index in [2.05, 4.69) is 18.2 Å². The number of ether oxygens (including phenoxy) is 2. The highest BCUT2D eigenvalue weighted by Gasteiger charge is 2.31. The highest BCUT2D eigenvalue weighted by Crippen LogP contribution is 2.29. The molecule has 0 bridgehead atoms. The predicted octanol–water partition coefficient (Wildman–Crippen LogP) is 4.51. The second-order valence-corrected chi connectivity index (χ2v) is 8.27. The Hall–Kier alpha value is -2.70. The molecule has 30 heavy (non-hydrogen) atoms. The Labute approximate surface area is 180 Å². The molecule has 1 unspecified atom stereocenters. The Kier molecular flexibility index (Phi) is 6.77. The van der Waals surface area contributed by atoms with Gasteiger partial charge in [0.05, 0.1) is 13.2 Å². The fraction of sp³-hybridized carbons (Fsp3) is 0.292. The van der Waals surface area contributed by atoms with Gasteiger partial charge in [-0.25, -0.2) is 4.79 Å². The molecular formula is C24H25NO4S. The van der Waals surface area contributed by atoms with E-state index in [4.69, 9.17) is 14.6 Å². The van der Waals surface area contributed by atoms with Crippen molar-refractivity contribution in [2.75, 3.05) is 36.2 Å². The van der Waals surface area contributed by atoms with Gasteiger partial charge in [-0.05, 0) is 41.3 Å². The van der Waals surface area contributed by atoms with Gasteiger partial charge in [0.1, 0.15) is 18.5 Å². The number of fused-ring (bicyclic) bond motifs is 1. The molecule has 3 aromatic rings. The normalized spacial score (nSPS) is 16.1. The van der Waals surface area contributed by atoms with Gasteiger partial charge >= 0.3 is 6.09 Å². The van der Waals surface area contributed by atoms with E-state index >= 15 is 0 Å². The maximum absolute atomic E-state index is 12.2. The zero-order valence-corrected chi connectivity index (χ0v) is 17.5. The number of aliphatic hydroxyl groups is 1. The molecule has 1 aliphatic heterocycles. The number of aryl methyl sites for hydroxylation is 1. The van der Waals surface area contributed by atoms with Crippen LogP contribution >= 0.6 is 11.8 Å². The van der Waals surface area contributed by atoms with Gasteiger partial charge in [0.2, 0.25) is 0 Å². The third kappa shape index (κ3) is 4.71. The number of benzene rings is 3. The van der Waals surface area contributed by atoms with Crippen LogP contribution in [0.3, 0.4) is 0 Å². The van der Waals surface area contributed by atoms with E-state index in [9.17, 15) is 4.79 Å². The van der Waals surface area contributed by atoms with Gasteiger partial charge in [-0.1, -0.05) is 48.5 Å². The van der Waals surface area contributed by atoms with Crippen LogP contribution in [0.25, 0.3) is 10.8 Å². The number of amides is 1. The monoisotopic (exact) mass is 423 g/mol. The number of rotatable bonds is 9. The van der Waals surface area contributed by atoms with Crippen LogP contribution in [0.4, 0.5) is 10.5 Å². The Balaban J connectivity index is 1.32. The van der Waals surface area contributed by atoms with E-state index in [0.717, 1.165) is 34.7 Å². The predicted molar refractivity (Wildman–Crippen MR) is 122 cm³/mol. The summed E-state index contributed by atoms with van der Waals surface area (Å²) in [5.74, 6) is 2.53. The van der Waals surface area contributed by atoms with Crippen LogP contribution in [0.5, 0.6) is 5.75 Å². The van der Waals surface area contributed by atoms with E-state index in [1.165, 1.54) is 10.9 Å². The molecule has 1 N–H and O–H groups in total. The molecular weight excluding hydrogens is 398 g/mol. The second kappa shape index (κ2) is 9.87. The van der Waals surface area contributed by atoms with Gasteiger partial charge in [-0.3, -0.25) is 4.90 Å². The summed E-state index contributed by atoms with van der Waals surface area (Å²) in [6.07, 6.45) is 0.569. The van der Waals surface area contributed by atoms with E-state index in [-0.39, 0.29) is 18.8 Å². The SMILES string of the molecule is O=C1OC(CSCCc2cccc3c(OCCO)cccc23)CN1c1ccccc1. The minimum absolute atomic E-state index is 0.000159. The Bertz CT molecular complexity index is 995. The largest absolute Gasteiger partial charge is 0.491 e. The summed E-state index contributed by atoms with van der Waals surface area (Å²) in [5.41, 5.74) is 2.15. The van der Waals surface area contributed by atoms with Crippen molar-refractivity contribution in [1.82, 2.24) is 0 Å². The molecule has 4 rings (SSSR count). The molecule has 0 aliphatic carbocycles. The molecule has 0 spiro atoms. The third-order valence-electron chi connectivity index (χ3n) is 5.08. The molecule has 6 heteroatoms. The minimum atomic E-state index is -0.267. The van der Waals surface area contributed by atoms with Crippen molar-refractivity contribution >= 4 is 34.3 Å². The molecule has 5 nitrogen and oxygen atoms in total. The van der Waals surface area contributed by atoms with Gasteiger partial charge in [-0.15, -0.1) is 0 Å². The van der Waals surface area contributed by atoms with Crippen molar-refractivity contribution < 1.29 is 19.4 Å². The summed E-state index contributed by atoms with van der Waals surface area (Å²) < 4.78 is 11.2. The van der Waals surface area contributed by atoms with Gasteiger partial charge in [0.15, 0.2) is 0 Å². The first-order valence-electron chi connectivity index (χ1n) is 10.1. The smallest absolute Gasteiger partial charge is 0.414 e. The number of aliphatic hydroxyl groups excluding tert-OH is 1. The average Bonchev–Trinajstić information content (AvgIpc) is 3.16. The van der Waals surface area contributed by atoms with Gasteiger partial charge in [-0.2, -0.15) is 11.8 Å². The van der Waals surface area contributed by atoms with Crippen LogP contribution in [0.2, 0.25) is 0 Å². The van der Waals surface area contributed by atoms with Crippen LogP contribution in [0, 0.1) is 0 Å². The van der Waals surface area contributed by atoms with Gasteiger partial charge in [0, 0.05) is 16.8 Å². The standard InChI is InChI=1S/C24H25NO4S/c26-13-14-28-23-11-5-9-21-18(6-4-10-22(21)23)12-15-30-17-20-16-25(24(27)29-20)19-7-2-1-3-8-19/h1-11,20,26H,12-17H2. The van der Waals surface area contributed by atoms with Crippen LogP contribution in [-0.2, 0) is 11.2 Å². The summed E-state index contributed by atoms with van der Waals surface area (Å²) in [5, 5.41) is 11.3. The lowest BCUT2D eigenvalue weighted by Gasteiger charge is -2.13. The maximum Gasteiger partial charge on any atom is 0.414 e. The Morgan fingerprint density at radius 1 is 1.03 bits per heavy atom. The van der Waals surface area contributed by atoms with Crippen molar-refractivity contribution in [3.63, 3.8) is 0 Å². The van der Waals surface area contributed by atoms with Gasteiger partial charge in [0.25, 0.3) is 0 Å². The number of hydrogen-bond acceptors (Lipinski definition) is 5. The molecule has 1 aliphatic rings. The quantitative estimate of drug-likeness (QED) is 0.513. The number of thioether (sulfide) groups is 1. The summed E-state index contributed by atoms with van der Waals surface area (Å²) in [6.45, 7) is 0.884. The van der Waals surface area contributed by atoms with Crippen molar-refractivity contribution in [3.8, 4) is 5.75 Å². The topological polar surface area (TPSA) is 59.0 Å². The first-order valence-corrected chi connectivity index (χ1v) is 11.3. The fourth-order valence-corrected chi connectivity index (χ4v) is 4.64. The highest BCUT2D eigenvalue weighted by molar-refractivity contribution is 7.99. The molecule has 156 valence electrons. The lowest BCUT2D eigenvalue weighted by atomic mass is 10.0. The van der Waals surface area contributed by atoms with E-state index in [0.29, 0.717) is 13.2 Å². The lowest BCUT2D eigenvalue weighted by Crippen LogP contribution is -2.24. The van der Waals surface area contributed by atoms with Gasteiger partial charge < -0.3 is 14.6 Å². The Morgan fingerprint density at radius 2 is 1.83 bits per heavy atom. The highest BCUT2D eigenvalue weighted by atomic mass is 32.2. The van der Waals surface area contributed by atoms with Crippen LogP contribution in [0.1, 0.15) is 5.56 Å². The minimum Gasteiger partial charge on any atom is -0.491 e. The molecule has 1 fully saturated rings. The van der Waals surface area contributed by atoms with Crippen molar-refractivity contribution in [2.24, 2.45) is 0 Å². The number of anilines is 1. The van der Waals surface area contributed by atoms with Crippen LogP contribution in [0.15, 0.2) is 66.7 Å². The molecule has 0 radical (unpaired) electrons. The molecule has 0 aromatic heterocycles. The molecule has 0 saturated carbocycles. The summed E-state index contributed by atoms with van der Waals surface area (Å²) >= 11 is 1.80. The second-order valence-electron chi connectivity index (χ2n) is 7.12. The average molecular weight is 424 g/mol. The maximum atomic E-state index is 12.2. The number of para-hydroxylation sites is 1. The first kappa shape index (κ1) is 20.6. The first-order chi connectivity index (χ1) is 14.8. The lowest BCUT2D eigenvalue weighted by molar-refractivity contribution is 0.151. The number of cyclic esters (lactones) is 1. The summed E-state index contributed by atoms with van der Waals surface area (Å²) in [4.78, 5) is 13.9. The molecule has 1 atom stereocenters. The zero-order chi connectivity index (χ0) is 20.8. The zero-order valence-electron chi connectivity index (χ0n) is 16.7. The van der Waals surface area contributed by atoms with Crippen LogP contribution < -0.4 is 9.64 Å². The Morgan fingerprint density at radius 3 is 2.67 bits per heavy atom. The molecule has 1 heterocycles. The summed E-state index contributed by atoms with van der Waals surface area (Å²) in [6, 6.07) is 21.9. The number of nitrogens with zero attached hydrogens (tertiary/aromatic N) is 1. The number of carbonyl (C=O) groups excluding carboxylic acids is 1.